The normalized spacial score (nSPS) is 12.8. The SMILES string of the molecule is C=C(C)CCC[C@@H](C)CC/C=C\c1ccccc1. The average molecular weight is 242 g/mol. The first-order chi connectivity index (χ1) is 8.68. The van der Waals surface area contributed by atoms with Crippen LogP contribution in [-0.2, 0) is 0 Å². The Morgan fingerprint density at radius 3 is 2.61 bits per heavy atom. The van der Waals surface area contributed by atoms with Gasteiger partial charge in [0, 0.05) is 0 Å². The summed E-state index contributed by atoms with van der Waals surface area (Å²) in [6, 6.07) is 10.5. The van der Waals surface area contributed by atoms with Crippen LogP contribution in [0.3, 0.4) is 0 Å². The van der Waals surface area contributed by atoms with Gasteiger partial charge in [0.25, 0.3) is 0 Å². The third-order valence-electron chi connectivity index (χ3n) is 3.24. The van der Waals surface area contributed by atoms with E-state index in [9.17, 15) is 0 Å². The van der Waals surface area contributed by atoms with Crippen LogP contribution in [-0.4, -0.2) is 0 Å². The monoisotopic (exact) mass is 242 g/mol. The zero-order valence-electron chi connectivity index (χ0n) is 11.9. The predicted octanol–water partition coefficient (Wildman–Crippen LogP) is 5.86. The molecule has 1 rings (SSSR count). The maximum atomic E-state index is 3.95. The van der Waals surface area contributed by atoms with Crippen molar-refractivity contribution in [1.82, 2.24) is 0 Å². The van der Waals surface area contributed by atoms with Crippen LogP contribution < -0.4 is 0 Å². The Balaban J connectivity index is 2.13. The van der Waals surface area contributed by atoms with Crippen LogP contribution in [0.2, 0.25) is 0 Å². The second-order valence-corrected chi connectivity index (χ2v) is 5.34. The minimum Gasteiger partial charge on any atom is -0.100 e. The van der Waals surface area contributed by atoms with Crippen LogP contribution in [0.25, 0.3) is 6.08 Å². The molecule has 0 radical (unpaired) electrons. The molecule has 0 nitrogen and oxygen atoms in total. The standard InChI is InChI=1S/C18H26/c1-16(2)10-9-12-17(3)11-7-8-15-18-13-5-4-6-14-18/h4-6,8,13-15,17H,1,7,9-12H2,2-3H3/b15-8-/t17-/m0/s1. The molecule has 0 aliphatic carbocycles. The van der Waals surface area contributed by atoms with Crippen molar-refractivity contribution in [2.45, 2.75) is 46.0 Å². The topological polar surface area (TPSA) is 0 Å². The fourth-order valence-electron chi connectivity index (χ4n) is 2.06. The van der Waals surface area contributed by atoms with Gasteiger partial charge >= 0.3 is 0 Å². The third kappa shape index (κ3) is 7.11. The molecular weight excluding hydrogens is 216 g/mol. The van der Waals surface area contributed by atoms with Crippen molar-refractivity contribution < 1.29 is 0 Å². The largest absolute Gasteiger partial charge is 0.100 e. The Morgan fingerprint density at radius 2 is 1.94 bits per heavy atom. The van der Waals surface area contributed by atoms with Gasteiger partial charge in [0.2, 0.25) is 0 Å². The molecule has 98 valence electrons. The molecule has 0 heterocycles. The van der Waals surface area contributed by atoms with Crippen LogP contribution in [0.4, 0.5) is 0 Å². The van der Waals surface area contributed by atoms with Crippen LogP contribution in [0.5, 0.6) is 0 Å². The molecule has 0 unspecified atom stereocenters. The molecule has 0 fully saturated rings. The molecule has 0 aliphatic heterocycles. The van der Waals surface area contributed by atoms with Gasteiger partial charge in [-0.15, -0.1) is 6.58 Å². The molecule has 0 heteroatoms. The highest BCUT2D eigenvalue weighted by atomic mass is 14.1. The molecule has 0 N–H and O–H groups in total. The third-order valence-corrected chi connectivity index (χ3v) is 3.24. The predicted molar refractivity (Wildman–Crippen MR) is 82.5 cm³/mol. The van der Waals surface area contributed by atoms with E-state index in [0.717, 1.165) is 5.92 Å². The summed E-state index contributed by atoms with van der Waals surface area (Å²) in [4.78, 5) is 0. The van der Waals surface area contributed by atoms with E-state index in [1.54, 1.807) is 0 Å². The summed E-state index contributed by atoms with van der Waals surface area (Å²) in [5.41, 5.74) is 2.61. The van der Waals surface area contributed by atoms with Gasteiger partial charge in [-0.2, -0.15) is 0 Å². The molecule has 0 bridgehead atoms. The molecule has 0 aromatic heterocycles. The Labute approximate surface area is 112 Å². The number of hydrogen-bond acceptors (Lipinski definition) is 0. The summed E-state index contributed by atoms with van der Waals surface area (Å²) < 4.78 is 0. The molecule has 0 saturated heterocycles. The summed E-state index contributed by atoms with van der Waals surface area (Å²) in [6.45, 7) is 8.42. The molecule has 1 atom stereocenters. The fourth-order valence-corrected chi connectivity index (χ4v) is 2.06. The smallest absolute Gasteiger partial charge is 0.0260 e. The Hall–Kier alpha value is -1.30. The minimum absolute atomic E-state index is 0.824. The van der Waals surface area contributed by atoms with Gasteiger partial charge < -0.3 is 0 Å². The van der Waals surface area contributed by atoms with E-state index in [1.807, 2.05) is 0 Å². The highest BCUT2D eigenvalue weighted by Crippen LogP contribution is 2.16. The highest BCUT2D eigenvalue weighted by molar-refractivity contribution is 5.48. The quantitative estimate of drug-likeness (QED) is 0.501. The Morgan fingerprint density at radius 1 is 1.22 bits per heavy atom. The molecule has 0 amide bonds. The van der Waals surface area contributed by atoms with Gasteiger partial charge in [0.1, 0.15) is 0 Å². The first-order valence-electron chi connectivity index (χ1n) is 7.04. The van der Waals surface area contributed by atoms with Gasteiger partial charge in [-0.1, -0.05) is 61.4 Å². The maximum Gasteiger partial charge on any atom is -0.0260 e. The van der Waals surface area contributed by atoms with Crippen LogP contribution in [0.1, 0.15) is 51.5 Å². The molecule has 0 aliphatic rings. The van der Waals surface area contributed by atoms with Gasteiger partial charge in [0.15, 0.2) is 0 Å². The van der Waals surface area contributed by atoms with Crippen LogP contribution in [0.15, 0.2) is 48.6 Å². The lowest BCUT2D eigenvalue weighted by Crippen LogP contribution is -1.94. The Bertz CT molecular complexity index is 359. The first-order valence-corrected chi connectivity index (χ1v) is 7.04. The van der Waals surface area contributed by atoms with Crippen molar-refractivity contribution in [2.24, 2.45) is 5.92 Å². The zero-order chi connectivity index (χ0) is 13.2. The molecule has 1 aromatic carbocycles. The van der Waals surface area contributed by atoms with Crippen molar-refractivity contribution in [3.63, 3.8) is 0 Å². The van der Waals surface area contributed by atoms with Crippen molar-refractivity contribution in [2.75, 3.05) is 0 Å². The summed E-state index contributed by atoms with van der Waals surface area (Å²) in [5.74, 6) is 0.824. The van der Waals surface area contributed by atoms with E-state index in [-0.39, 0.29) is 0 Å². The molecular formula is C18H26. The van der Waals surface area contributed by atoms with E-state index in [1.165, 1.54) is 43.2 Å². The van der Waals surface area contributed by atoms with E-state index >= 15 is 0 Å². The second-order valence-electron chi connectivity index (χ2n) is 5.34. The molecule has 1 aromatic rings. The lowest BCUT2D eigenvalue weighted by molar-refractivity contribution is 0.479. The maximum absolute atomic E-state index is 3.95. The van der Waals surface area contributed by atoms with E-state index in [4.69, 9.17) is 0 Å². The Kier molecular flexibility index (Phi) is 7.17. The lowest BCUT2D eigenvalue weighted by atomic mass is 9.97. The number of rotatable bonds is 8. The minimum atomic E-state index is 0.824. The summed E-state index contributed by atoms with van der Waals surface area (Å²) in [7, 11) is 0. The lowest BCUT2D eigenvalue weighted by Gasteiger charge is -2.09. The van der Waals surface area contributed by atoms with Crippen molar-refractivity contribution >= 4 is 6.08 Å². The number of benzene rings is 1. The summed E-state index contributed by atoms with van der Waals surface area (Å²) in [5, 5.41) is 0. The van der Waals surface area contributed by atoms with Crippen molar-refractivity contribution in [3.8, 4) is 0 Å². The fraction of sp³-hybridized carbons (Fsp3) is 0.444. The second kappa shape index (κ2) is 8.74. The van der Waals surface area contributed by atoms with E-state index in [2.05, 4.69) is 62.9 Å². The average Bonchev–Trinajstić information content (AvgIpc) is 2.35. The van der Waals surface area contributed by atoms with Gasteiger partial charge in [-0.05, 0) is 44.1 Å². The zero-order valence-corrected chi connectivity index (χ0v) is 11.9. The van der Waals surface area contributed by atoms with E-state index < -0.39 is 0 Å². The van der Waals surface area contributed by atoms with Crippen molar-refractivity contribution in [3.05, 3.63) is 54.1 Å². The van der Waals surface area contributed by atoms with Crippen LogP contribution in [0, 0.1) is 5.92 Å². The first kappa shape index (κ1) is 14.8. The summed E-state index contributed by atoms with van der Waals surface area (Å²) >= 11 is 0. The van der Waals surface area contributed by atoms with E-state index in [0.29, 0.717) is 0 Å². The molecule has 0 spiro atoms. The number of allylic oxidation sites excluding steroid dienone is 2. The van der Waals surface area contributed by atoms with Gasteiger partial charge in [-0.3, -0.25) is 0 Å². The van der Waals surface area contributed by atoms with Gasteiger partial charge in [0.05, 0.1) is 0 Å². The van der Waals surface area contributed by atoms with Gasteiger partial charge in [-0.25, -0.2) is 0 Å². The summed E-state index contributed by atoms with van der Waals surface area (Å²) in [6.07, 6.45) is 10.8. The molecule has 0 saturated carbocycles. The van der Waals surface area contributed by atoms with Crippen molar-refractivity contribution in [1.29, 1.82) is 0 Å². The highest BCUT2D eigenvalue weighted by Gasteiger charge is 2.00. The molecule has 18 heavy (non-hydrogen) atoms. The van der Waals surface area contributed by atoms with Crippen LogP contribution >= 0.6 is 0 Å². The number of hydrogen-bond donors (Lipinski definition) is 0.